The first-order chi connectivity index (χ1) is 14.0. The lowest BCUT2D eigenvalue weighted by Crippen LogP contribution is -2.33. The van der Waals surface area contributed by atoms with Gasteiger partial charge in [0, 0.05) is 10.4 Å². The second-order valence-electron chi connectivity index (χ2n) is 6.37. The van der Waals surface area contributed by atoms with Crippen molar-refractivity contribution in [3.8, 4) is 17.4 Å². The average Bonchev–Trinajstić information content (AvgIpc) is 3.39. The van der Waals surface area contributed by atoms with Gasteiger partial charge in [0.25, 0.3) is 5.91 Å². The van der Waals surface area contributed by atoms with Crippen LogP contribution in [0.15, 0.2) is 34.7 Å². The van der Waals surface area contributed by atoms with Gasteiger partial charge in [-0.25, -0.2) is 0 Å². The third kappa shape index (κ3) is 4.02. The minimum atomic E-state index is -0.489. The van der Waals surface area contributed by atoms with Gasteiger partial charge in [-0.3, -0.25) is 10.1 Å². The number of nitriles is 1. The van der Waals surface area contributed by atoms with E-state index in [9.17, 15) is 10.1 Å². The number of nitrogens with one attached hydrogen (secondary N) is 2. The predicted octanol–water partition coefficient (Wildman–Crippen LogP) is 5.80. The number of rotatable bonds is 3. The topological polar surface area (TPSA) is 78.1 Å². The minimum Gasteiger partial charge on any atom is -0.451 e. The summed E-state index contributed by atoms with van der Waals surface area (Å²) in [5.74, 6) is 0.0925. The van der Waals surface area contributed by atoms with Crippen molar-refractivity contribution in [2.45, 2.75) is 19.3 Å². The molecule has 0 bridgehead atoms. The highest BCUT2D eigenvalue weighted by atomic mass is 35.5. The van der Waals surface area contributed by atoms with E-state index in [2.05, 4.69) is 16.7 Å². The Hall–Kier alpha value is -2.37. The molecule has 1 aliphatic rings. The number of carbonyl (C=O) groups is 1. The number of carbonyl (C=O) groups excluding carboxylic acids is 1. The summed E-state index contributed by atoms with van der Waals surface area (Å²) >= 11 is 18.7. The summed E-state index contributed by atoms with van der Waals surface area (Å²) in [4.78, 5) is 13.7. The van der Waals surface area contributed by atoms with Gasteiger partial charge >= 0.3 is 0 Å². The molecule has 4 rings (SSSR count). The molecule has 2 heterocycles. The molecule has 9 heteroatoms. The Labute approximate surface area is 186 Å². The average molecular weight is 462 g/mol. The van der Waals surface area contributed by atoms with Gasteiger partial charge in [0.05, 0.1) is 15.6 Å². The Morgan fingerprint density at radius 1 is 1.21 bits per heavy atom. The Kier molecular flexibility index (Phi) is 5.61. The quantitative estimate of drug-likeness (QED) is 0.481. The lowest BCUT2D eigenvalue weighted by Gasteiger charge is -2.07. The number of hydrogen-bond donors (Lipinski definition) is 2. The number of hydrogen-bond acceptors (Lipinski definition) is 5. The van der Waals surface area contributed by atoms with E-state index in [4.69, 9.17) is 39.8 Å². The van der Waals surface area contributed by atoms with Crippen LogP contribution in [-0.2, 0) is 12.8 Å². The van der Waals surface area contributed by atoms with Crippen molar-refractivity contribution >= 4 is 62.8 Å². The second-order valence-corrected chi connectivity index (χ2v) is 8.70. The summed E-state index contributed by atoms with van der Waals surface area (Å²) in [6, 6.07) is 10.5. The molecule has 0 saturated heterocycles. The molecule has 29 heavy (non-hydrogen) atoms. The molecule has 2 aromatic heterocycles. The van der Waals surface area contributed by atoms with Crippen molar-refractivity contribution in [1.82, 2.24) is 5.32 Å². The van der Waals surface area contributed by atoms with Crippen LogP contribution >= 0.6 is 46.8 Å². The van der Waals surface area contributed by atoms with Crippen LogP contribution in [0.1, 0.15) is 33.0 Å². The highest BCUT2D eigenvalue weighted by molar-refractivity contribution is 7.80. The molecule has 146 valence electrons. The molecular weight excluding hydrogens is 449 g/mol. The van der Waals surface area contributed by atoms with E-state index in [1.165, 1.54) is 16.2 Å². The van der Waals surface area contributed by atoms with Crippen LogP contribution in [0.2, 0.25) is 10.0 Å². The fraction of sp³-hybridized carbons (Fsp3) is 0.150. The van der Waals surface area contributed by atoms with Crippen LogP contribution in [0, 0.1) is 11.3 Å². The predicted molar refractivity (Wildman–Crippen MR) is 119 cm³/mol. The molecule has 2 N–H and O–H groups in total. The van der Waals surface area contributed by atoms with Crippen LogP contribution in [0.3, 0.4) is 0 Å². The first-order valence-corrected chi connectivity index (χ1v) is 10.7. The minimum absolute atomic E-state index is 0.101. The van der Waals surface area contributed by atoms with Crippen molar-refractivity contribution in [2.75, 3.05) is 5.32 Å². The van der Waals surface area contributed by atoms with Crippen molar-refractivity contribution in [3.05, 3.63) is 62.1 Å². The van der Waals surface area contributed by atoms with Gasteiger partial charge in [-0.05, 0) is 67.4 Å². The fourth-order valence-electron chi connectivity index (χ4n) is 3.17. The van der Waals surface area contributed by atoms with Crippen molar-refractivity contribution in [3.63, 3.8) is 0 Å². The molecule has 0 radical (unpaired) electrons. The van der Waals surface area contributed by atoms with Crippen molar-refractivity contribution in [2.24, 2.45) is 0 Å². The molecule has 0 atom stereocenters. The zero-order chi connectivity index (χ0) is 20.5. The Balaban J connectivity index is 1.45. The third-order valence-corrected chi connectivity index (χ3v) is 6.67. The van der Waals surface area contributed by atoms with Gasteiger partial charge in [0.15, 0.2) is 10.9 Å². The molecule has 0 aliphatic heterocycles. The fourth-order valence-corrected chi connectivity index (χ4v) is 4.98. The molecule has 1 aromatic carbocycles. The number of furan rings is 1. The van der Waals surface area contributed by atoms with E-state index in [0.717, 1.165) is 24.8 Å². The Morgan fingerprint density at radius 3 is 2.79 bits per heavy atom. The standard InChI is InChI=1S/C20H13Cl2N3O2S2/c21-13-5-4-10(8-14(13)22)15-6-7-16(27-15)18(26)24-20(28)25-19-12(9-23)11-2-1-3-17(11)29-19/h4-8H,1-3H2,(H2,24,25,26,28). The molecular formula is C20H13Cl2N3O2S2. The Bertz CT molecular complexity index is 1180. The third-order valence-electron chi connectivity index (χ3n) is 4.52. The van der Waals surface area contributed by atoms with Crippen LogP contribution in [0.4, 0.5) is 5.00 Å². The molecule has 3 aromatic rings. The van der Waals surface area contributed by atoms with Crippen molar-refractivity contribution < 1.29 is 9.21 Å². The normalized spacial score (nSPS) is 12.3. The van der Waals surface area contributed by atoms with Gasteiger partial charge in [0.1, 0.15) is 16.8 Å². The number of halogens is 2. The molecule has 0 spiro atoms. The molecule has 1 amide bonds. The first kappa shape index (κ1) is 19.9. The number of thiophene rings is 1. The number of benzene rings is 1. The van der Waals surface area contributed by atoms with Crippen LogP contribution in [0.5, 0.6) is 0 Å². The zero-order valence-electron chi connectivity index (χ0n) is 14.8. The largest absolute Gasteiger partial charge is 0.451 e. The zero-order valence-corrected chi connectivity index (χ0v) is 18.0. The smallest absolute Gasteiger partial charge is 0.293 e. The molecule has 0 fully saturated rings. The highest BCUT2D eigenvalue weighted by Crippen LogP contribution is 2.38. The Morgan fingerprint density at radius 2 is 2.03 bits per heavy atom. The maximum absolute atomic E-state index is 12.5. The lowest BCUT2D eigenvalue weighted by atomic mass is 10.1. The van der Waals surface area contributed by atoms with Crippen LogP contribution in [-0.4, -0.2) is 11.0 Å². The summed E-state index contributed by atoms with van der Waals surface area (Å²) in [7, 11) is 0. The molecule has 0 saturated carbocycles. The number of nitrogens with zero attached hydrogens (tertiary/aromatic N) is 1. The number of aryl methyl sites for hydroxylation is 1. The van der Waals surface area contributed by atoms with E-state index in [0.29, 0.717) is 31.9 Å². The number of fused-ring (bicyclic) bond motifs is 1. The van der Waals surface area contributed by atoms with Crippen molar-refractivity contribution in [1.29, 1.82) is 5.26 Å². The monoisotopic (exact) mass is 461 g/mol. The maximum atomic E-state index is 12.5. The highest BCUT2D eigenvalue weighted by Gasteiger charge is 2.23. The molecule has 5 nitrogen and oxygen atoms in total. The molecule has 1 aliphatic carbocycles. The number of thiocarbonyl (C=S) groups is 1. The van der Waals surface area contributed by atoms with Gasteiger partial charge in [-0.1, -0.05) is 23.2 Å². The van der Waals surface area contributed by atoms with Gasteiger partial charge in [-0.15, -0.1) is 11.3 Å². The summed E-state index contributed by atoms with van der Waals surface area (Å²) in [5, 5.41) is 16.6. The SMILES string of the molecule is N#Cc1c(NC(=S)NC(=O)c2ccc(-c3ccc(Cl)c(Cl)c3)o2)sc2c1CCC2. The van der Waals surface area contributed by atoms with Gasteiger partial charge in [-0.2, -0.15) is 5.26 Å². The van der Waals surface area contributed by atoms with E-state index < -0.39 is 5.91 Å². The van der Waals surface area contributed by atoms with Crippen LogP contribution in [0.25, 0.3) is 11.3 Å². The summed E-state index contributed by atoms with van der Waals surface area (Å²) in [6.45, 7) is 0. The summed E-state index contributed by atoms with van der Waals surface area (Å²) in [6.07, 6.45) is 2.94. The second kappa shape index (κ2) is 8.17. The van der Waals surface area contributed by atoms with Crippen LogP contribution < -0.4 is 10.6 Å². The molecule has 0 unspecified atom stereocenters. The van der Waals surface area contributed by atoms with E-state index in [-0.39, 0.29) is 10.9 Å². The summed E-state index contributed by atoms with van der Waals surface area (Å²) in [5.41, 5.74) is 2.40. The summed E-state index contributed by atoms with van der Waals surface area (Å²) < 4.78 is 5.62. The van der Waals surface area contributed by atoms with E-state index in [1.807, 2.05) is 0 Å². The maximum Gasteiger partial charge on any atom is 0.293 e. The van der Waals surface area contributed by atoms with Gasteiger partial charge < -0.3 is 9.73 Å². The number of amides is 1. The van der Waals surface area contributed by atoms with E-state index in [1.54, 1.807) is 30.3 Å². The number of anilines is 1. The first-order valence-electron chi connectivity index (χ1n) is 8.68. The van der Waals surface area contributed by atoms with Gasteiger partial charge in [0.2, 0.25) is 0 Å². The lowest BCUT2D eigenvalue weighted by molar-refractivity contribution is 0.0951. The van der Waals surface area contributed by atoms with E-state index >= 15 is 0 Å².